The van der Waals surface area contributed by atoms with Gasteiger partial charge in [-0.3, -0.25) is 4.79 Å². The maximum atomic E-state index is 12.8. The normalized spacial score (nSPS) is 12.2. The molecule has 2 N–H and O–H groups in total. The lowest BCUT2D eigenvalue weighted by atomic mass is 10.3. The minimum absolute atomic E-state index is 0.0664. The van der Waals surface area contributed by atoms with Gasteiger partial charge in [0.15, 0.2) is 6.54 Å². The summed E-state index contributed by atoms with van der Waals surface area (Å²) in [7, 11) is 1.99. The topological polar surface area (TPSA) is 33.5 Å². The molecule has 0 bridgehead atoms. The van der Waals surface area contributed by atoms with Crippen LogP contribution in [0.3, 0.4) is 0 Å². The Morgan fingerprint density at radius 2 is 2.00 bits per heavy atom. The summed E-state index contributed by atoms with van der Waals surface area (Å²) >= 11 is 1.72. The van der Waals surface area contributed by atoms with Gasteiger partial charge in [0.25, 0.3) is 5.91 Å². The molecule has 0 radical (unpaired) electrons. The maximum Gasteiger partial charge on any atom is 0.279 e. The van der Waals surface area contributed by atoms with Crippen LogP contribution in [0.15, 0.2) is 35.7 Å². The summed E-state index contributed by atoms with van der Waals surface area (Å²) in [6.45, 7) is 3.30. The number of thiophene rings is 1. The minimum Gasteiger partial charge on any atom is -0.325 e. The lowest BCUT2D eigenvalue weighted by molar-refractivity contribution is -0.884. The number of likely N-dealkylation sites (N-methyl/N-ethyl adjacent to an activating group) is 1. The van der Waals surface area contributed by atoms with Crippen molar-refractivity contribution in [1.29, 1.82) is 0 Å². The molecule has 0 aliphatic heterocycles. The van der Waals surface area contributed by atoms with Crippen LogP contribution in [-0.2, 0) is 11.3 Å². The van der Waals surface area contributed by atoms with Crippen LogP contribution in [0, 0.1) is 12.7 Å². The number of quaternary nitrogens is 1. The van der Waals surface area contributed by atoms with E-state index in [1.54, 1.807) is 23.5 Å². The first-order chi connectivity index (χ1) is 9.54. The van der Waals surface area contributed by atoms with Crippen LogP contribution in [0.2, 0.25) is 0 Å². The lowest BCUT2D eigenvalue weighted by Gasteiger charge is -2.13. The van der Waals surface area contributed by atoms with Crippen LogP contribution >= 0.6 is 11.3 Å². The van der Waals surface area contributed by atoms with E-state index in [4.69, 9.17) is 0 Å². The molecule has 0 aliphatic rings. The highest BCUT2D eigenvalue weighted by Gasteiger charge is 2.12. The van der Waals surface area contributed by atoms with Crippen LogP contribution in [0.5, 0.6) is 0 Å². The van der Waals surface area contributed by atoms with E-state index in [0.717, 1.165) is 11.4 Å². The second-order valence-corrected chi connectivity index (χ2v) is 5.89. The van der Waals surface area contributed by atoms with Gasteiger partial charge in [0, 0.05) is 5.69 Å². The standard InChI is InChI=1S/C15H17FN2OS/c1-11-7-8-20-14(11)9-18(2)10-15(19)17-13-5-3-12(16)4-6-13/h3-8H,9-10H2,1-2H3,(H,17,19)/p+1. The zero-order valence-electron chi connectivity index (χ0n) is 11.6. The van der Waals surface area contributed by atoms with Gasteiger partial charge in [0.05, 0.1) is 11.9 Å². The van der Waals surface area contributed by atoms with Crippen molar-refractivity contribution in [2.24, 2.45) is 0 Å². The van der Waals surface area contributed by atoms with Gasteiger partial charge < -0.3 is 10.2 Å². The molecule has 0 aliphatic carbocycles. The molecule has 5 heteroatoms. The number of carbonyl (C=O) groups excluding carboxylic acids is 1. The second-order valence-electron chi connectivity index (χ2n) is 4.89. The third-order valence-electron chi connectivity index (χ3n) is 3.02. The highest BCUT2D eigenvalue weighted by Crippen LogP contribution is 2.13. The average molecular weight is 293 g/mol. The van der Waals surface area contributed by atoms with Crippen molar-refractivity contribution >= 4 is 22.9 Å². The molecule has 20 heavy (non-hydrogen) atoms. The number of hydrogen-bond donors (Lipinski definition) is 2. The highest BCUT2D eigenvalue weighted by molar-refractivity contribution is 7.10. The van der Waals surface area contributed by atoms with E-state index in [1.807, 2.05) is 7.05 Å². The summed E-state index contributed by atoms with van der Waals surface area (Å²) in [6.07, 6.45) is 0. The first-order valence-corrected chi connectivity index (χ1v) is 7.32. The van der Waals surface area contributed by atoms with Crippen molar-refractivity contribution in [3.63, 3.8) is 0 Å². The monoisotopic (exact) mass is 293 g/mol. The van der Waals surface area contributed by atoms with Gasteiger partial charge in [-0.1, -0.05) is 0 Å². The molecular weight excluding hydrogens is 275 g/mol. The van der Waals surface area contributed by atoms with Crippen LogP contribution in [0.1, 0.15) is 10.4 Å². The van der Waals surface area contributed by atoms with Gasteiger partial charge in [0.1, 0.15) is 12.4 Å². The molecule has 3 nitrogen and oxygen atoms in total. The van der Waals surface area contributed by atoms with Gasteiger partial charge >= 0.3 is 0 Å². The molecule has 1 heterocycles. The number of aryl methyl sites for hydroxylation is 1. The fourth-order valence-corrected chi connectivity index (χ4v) is 2.95. The van der Waals surface area contributed by atoms with Gasteiger partial charge in [-0.2, -0.15) is 0 Å². The lowest BCUT2D eigenvalue weighted by Crippen LogP contribution is -3.08. The largest absolute Gasteiger partial charge is 0.325 e. The van der Waals surface area contributed by atoms with Crippen molar-refractivity contribution < 1.29 is 14.1 Å². The molecule has 1 atom stereocenters. The smallest absolute Gasteiger partial charge is 0.279 e. The van der Waals surface area contributed by atoms with E-state index in [0.29, 0.717) is 12.2 Å². The summed E-state index contributed by atoms with van der Waals surface area (Å²) in [5.41, 5.74) is 1.89. The van der Waals surface area contributed by atoms with Gasteiger partial charge in [-0.25, -0.2) is 4.39 Å². The van der Waals surface area contributed by atoms with Crippen molar-refractivity contribution in [2.75, 3.05) is 18.9 Å². The van der Waals surface area contributed by atoms with Crippen LogP contribution in [0.4, 0.5) is 10.1 Å². The van der Waals surface area contributed by atoms with Crippen molar-refractivity contribution in [3.05, 3.63) is 52.0 Å². The summed E-state index contributed by atoms with van der Waals surface area (Å²) < 4.78 is 12.8. The van der Waals surface area contributed by atoms with Gasteiger partial charge in [0.2, 0.25) is 0 Å². The van der Waals surface area contributed by atoms with E-state index in [-0.39, 0.29) is 11.7 Å². The molecule has 0 saturated carbocycles. The summed E-state index contributed by atoms with van der Waals surface area (Å²) in [4.78, 5) is 14.3. The fraction of sp³-hybridized carbons (Fsp3) is 0.267. The molecule has 106 valence electrons. The van der Waals surface area contributed by atoms with E-state index in [9.17, 15) is 9.18 Å². The molecular formula is C15H18FN2OS+. The molecule has 1 aromatic heterocycles. The molecule has 2 aromatic rings. The Bertz CT molecular complexity index is 580. The molecule has 0 spiro atoms. The SMILES string of the molecule is Cc1ccsc1C[NH+](C)CC(=O)Nc1ccc(F)cc1. The fourth-order valence-electron chi connectivity index (χ4n) is 1.93. The quantitative estimate of drug-likeness (QED) is 0.867. The number of rotatable bonds is 5. The van der Waals surface area contributed by atoms with Crippen molar-refractivity contribution in [3.8, 4) is 0 Å². The Balaban J connectivity index is 1.85. The zero-order chi connectivity index (χ0) is 14.5. The molecule has 2 rings (SSSR count). The Hall–Kier alpha value is -1.72. The first-order valence-electron chi connectivity index (χ1n) is 6.44. The van der Waals surface area contributed by atoms with E-state index < -0.39 is 0 Å². The number of halogens is 1. The van der Waals surface area contributed by atoms with Crippen LogP contribution in [-0.4, -0.2) is 19.5 Å². The highest BCUT2D eigenvalue weighted by atomic mass is 32.1. The Morgan fingerprint density at radius 1 is 1.30 bits per heavy atom. The van der Waals surface area contributed by atoms with Crippen molar-refractivity contribution in [1.82, 2.24) is 0 Å². The van der Waals surface area contributed by atoms with Crippen LogP contribution in [0.25, 0.3) is 0 Å². The van der Waals surface area contributed by atoms with E-state index >= 15 is 0 Å². The number of anilines is 1. The average Bonchev–Trinajstić information content (AvgIpc) is 2.77. The Labute approximate surface area is 122 Å². The number of amides is 1. The molecule has 0 fully saturated rings. The summed E-state index contributed by atoms with van der Waals surface area (Å²) in [5.74, 6) is -0.373. The number of nitrogens with one attached hydrogen (secondary N) is 2. The minimum atomic E-state index is -0.307. The summed E-state index contributed by atoms with van der Waals surface area (Å²) in [5, 5.41) is 4.84. The number of benzene rings is 1. The third kappa shape index (κ3) is 4.15. The van der Waals surface area contributed by atoms with Crippen LogP contribution < -0.4 is 10.2 Å². The summed E-state index contributed by atoms with van der Waals surface area (Å²) in [6, 6.07) is 7.88. The van der Waals surface area contributed by atoms with Gasteiger partial charge in [-0.15, -0.1) is 11.3 Å². The number of carbonyl (C=O) groups is 1. The van der Waals surface area contributed by atoms with E-state index in [1.165, 1.54) is 22.6 Å². The molecule has 0 saturated heterocycles. The molecule has 1 aromatic carbocycles. The number of hydrogen-bond acceptors (Lipinski definition) is 2. The van der Waals surface area contributed by atoms with Crippen molar-refractivity contribution in [2.45, 2.75) is 13.5 Å². The molecule has 1 amide bonds. The predicted molar refractivity (Wildman–Crippen MR) is 79.5 cm³/mol. The Morgan fingerprint density at radius 3 is 2.60 bits per heavy atom. The Kier molecular flexibility index (Phi) is 4.87. The zero-order valence-corrected chi connectivity index (χ0v) is 12.4. The van der Waals surface area contributed by atoms with Gasteiger partial charge in [-0.05, 0) is 48.2 Å². The second kappa shape index (κ2) is 6.63. The molecule has 1 unspecified atom stereocenters. The maximum absolute atomic E-state index is 12.8. The third-order valence-corrected chi connectivity index (χ3v) is 4.04. The first kappa shape index (κ1) is 14.7. The predicted octanol–water partition coefficient (Wildman–Crippen LogP) is 1.85. The van der Waals surface area contributed by atoms with E-state index in [2.05, 4.69) is 23.7 Å².